The summed E-state index contributed by atoms with van der Waals surface area (Å²) in [5, 5.41) is 0. The molecule has 0 amide bonds. The number of rotatable bonds is 2. The second-order valence-corrected chi connectivity index (χ2v) is 2.70. The van der Waals surface area contributed by atoms with Crippen molar-refractivity contribution >= 4 is 0 Å². The first-order valence-corrected chi connectivity index (χ1v) is 3.51. The Hall–Kier alpha value is -0.0800. The van der Waals surface area contributed by atoms with E-state index in [2.05, 4.69) is 7.05 Å². The summed E-state index contributed by atoms with van der Waals surface area (Å²) in [4.78, 5) is 1.39. The van der Waals surface area contributed by atoms with E-state index in [1.54, 1.807) is 7.11 Å². The van der Waals surface area contributed by atoms with Gasteiger partial charge in [-0.15, -0.1) is 0 Å². The standard InChI is InChI=1S/C7H15NO/c1-8-5-3-4-7(8)6-9-2/h7-8H,1,3-6H2,2H3/t7-/m0/s1. The molecule has 1 rings (SSSR count). The van der Waals surface area contributed by atoms with Gasteiger partial charge in [0.2, 0.25) is 0 Å². The van der Waals surface area contributed by atoms with Crippen LogP contribution in [0.2, 0.25) is 0 Å². The molecule has 0 aromatic heterocycles. The van der Waals surface area contributed by atoms with Crippen molar-refractivity contribution < 1.29 is 9.64 Å². The minimum absolute atomic E-state index is 0.662. The fourth-order valence-electron chi connectivity index (χ4n) is 1.39. The van der Waals surface area contributed by atoms with Crippen LogP contribution in [0.4, 0.5) is 0 Å². The second-order valence-electron chi connectivity index (χ2n) is 2.70. The number of quaternary nitrogens is 1. The van der Waals surface area contributed by atoms with Crippen molar-refractivity contribution in [3.8, 4) is 0 Å². The molecular formula is C7H15NO. The van der Waals surface area contributed by atoms with Gasteiger partial charge in [0.25, 0.3) is 0 Å². The van der Waals surface area contributed by atoms with E-state index in [1.165, 1.54) is 24.3 Å². The van der Waals surface area contributed by atoms with Gasteiger partial charge in [0.1, 0.15) is 0 Å². The number of ether oxygens (including phenoxy) is 1. The monoisotopic (exact) mass is 129 g/mol. The number of hydrogen-bond donors (Lipinski definition) is 1. The minimum atomic E-state index is 0.662. The van der Waals surface area contributed by atoms with Gasteiger partial charge in [-0.2, -0.15) is 7.05 Å². The van der Waals surface area contributed by atoms with Crippen molar-refractivity contribution in [1.82, 2.24) is 0 Å². The van der Waals surface area contributed by atoms with E-state index in [4.69, 9.17) is 4.74 Å². The lowest BCUT2D eigenvalue weighted by molar-refractivity contribution is -0.867. The van der Waals surface area contributed by atoms with Gasteiger partial charge in [-0.25, -0.2) is 0 Å². The molecule has 0 aliphatic carbocycles. The molecule has 1 aliphatic heterocycles. The van der Waals surface area contributed by atoms with Gasteiger partial charge in [-0.1, -0.05) is 0 Å². The van der Waals surface area contributed by atoms with Crippen LogP contribution in [-0.2, 0) is 4.74 Å². The van der Waals surface area contributed by atoms with Gasteiger partial charge < -0.3 is 9.64 Å². The molecule has 1 N–H and O–H groups in total. The summed E-state index contributed by atoms with van der Waals surface area (Å²) in [6.07, 6.45) is 2.60. The lowest BCUT2D eigenvalue weighted by atomic mass is 10.2. The Morgan fingerprint density at radius 2 is 2.56 bits per heavy atom. The summed E-state index contributed by atoms with van der Waals surface area (Å²) in [5.41, 5.74) is 0. The quantitative estimate of drug-likeness (QED) is 0.495. The minimum Gasteiger partial charge on any atom is -0.463 e. The molecule has 2 heteroatoms. The van der Waals surface area contributed by atoms with Gasteiger partial charge in [-0.05, 0) is 6.42 Å². The molecule has 1 aliphatic rings. The zero-order valence-corrected chi connectivity index (χ0v) is 6.02. The molecular weight excluding hydrogens is 114 g/mol. The average Bonchev–Trinajstić information content (AvgIpc) is 2.18. The Balaban J connectivity index is 2.22. The van der Waals surface area contributed by atoms with Crippen molar-refractivity contribution in [1.29, 1.82) is 0 Å². The largest absolute Gasteiger partial charge is 0.463 e. The van der Waals surface area contributed by atoms with Gasteiger partial charge in [0.15, 0.2) is 0 Å². The van der Waals surface area contributed by atoms with Crippen molar-refractivity contribution in [3.05, 3.63) is 7.05 Å². The van der Waals surface area contributed by atoms with Gasteiger partial charge >= 0.3 is 0 Å². The molecule has 0 bridgehead atoms. The highest BCUT2D eigenvalue weighted by molar-refractivity contribution is 4.60. The summed E-state index contributed by atoms with van der Waals surface area (Å²) in [7, 11) is 5.73. The fourth-order valence-corrected chi connectivity index (χ4v) is 1.39. The molecule has 1 unspecified atom stereocenters. The van der Waals surface area contributed by atoms with Gasteiger partial charge in [0.05, 0.1) is 19.2 Å². The second kappa shape index (κ2) is 3.18. The van der Waals surface area contributed by atoms with E-state index < -0.39 is 0 Å². The van der Waals surface area contributed by atoms with E-state index in [9.17, 15) is 0 Å². The van der Waals surface area contributed by atoms with E-state index in [0.29, 0.717) is 6.04 Å². The smallest absolute Gasteiger partial charge is 0.0959 e. The maximum atomic E-state index is 5.04. The van der Waals surface area contributed by atoms with E-state index >= 15 is 0 Å². The van der Waals surface area contributed by atoms with Crippen LogP contribution in [0.15, 0.2) is 0 Å². The van der Waals surface area contributed by atoms with Crippen LogP contribution < -0.4 is 4.90 Å². The van der Waals surface area contributed by atoms with Crippen LogP contribution >= 0.6 is 0 Å². The Morgan fingerprint density at radius 3 is 3.00 bits per heavy atom. The zero-order valence-electron chi connectivity index (χ0n) is 6.02. The lowest BCUT2D eigenvalue weighted by Gasteiger charge is -2.21. The molecule has 1 heterocycles. The first kappa shape index (κ1) is 7.03. The molecule has 2 atom stereocenters. The summed E-state index contributed by atoms with van der Waals surface area (Å²) in [5.74, 6) is 0. The third-order valence-corrected chi connectivity index (χ3v) is 2.00. The van der Waals surface area contributed by atoms with Gasteiger partial charge in [0, 0.05) is 13.5 Å². The first-order chi connectivity index (χ1) is 4.34. The zero-order chi connectivity index (χ0) is 6.69. The van der Waals surface area contributed by atoms with E-state index in [0.717, 1.165) is 6.61 Å². The van der Waals surface area contributed by atoms with Crippen LogP contribution in [0.25, 0.3) is 0 Å². The van der Waals surface area contributed by atoms with E-state index in [1.807, 2.05) is 0 Å². The van der Waals surface area contributed by atoms with E-state index in [-0.39, 0.29) is 0 Å². The topological polar surface area (TPSA) is 13.7 Å². The molecule has 0 saturated carbocycles. The molecule has 9 heavy (non-hydrogen) atoms. The molecule has 0 aromatic rings. The normalized spacial score (nSPS) is 35.3. The maximum Gasteiger partial charge on any atom is 0.0959 e. The maximum absolute atomic E-state index is 5.04. The third kappa shape index (κ3) is 1.66. The van der Waals surface area contributed by atoms with Crippen molar-refractivity contribution in [3.63, 3.8) is 0 Å². The molecule has 1 saturated heterocycles. The Morgan fingerprint density at radius 1 is 1.78 bits per heavy atom. The average molecular weight is 129 g/mol. The number of methoxy groups -OCH3 is 1. The molecule has 0 radical (unpaired) electrons. The highest BCUT2D eigenvalue weighted by Gasteiger charge is 2.19. The van der Waals surface area contributed by atoms with Crippen molar-refractivity contribution in [2.24, 2.45) is 0 Å². The highest BCUT2D eigenvalue weighted by atomic mass is 16.5. The van der Waals surface area contributed by atoms with Crippen LogP contribution in [-0.4, -0.2) is 26.3 Å². The fraction of sp³-hybridized carbons (Fsp3) is 0.857. The van der Waals surface area contributed by atoms with Crippen LogP contribution in [0.5, 0.6) is 0 Å². The number of hydrogen-bond acceptors (Lipinski definition) is 1. The molecule has 54 valence electrons. The van der Waals surface area contributed by atoms with Crippen molar-refractivity contribution in [2.75, 3.05) is 20.3 Å². The Bertz CT molecular complexity index is 85.0. The van der Waals surface area contributed by atoms with Crippen LogP contribution in [0.1, 0.15) is 12.8 Å². The molecule has 1 fully saturated rings. The summed E-state index contributed by atoms with van der Waals surface area (Å²) < 4.78 is 5.04. The summed E-state index contributed by atoms with van der Waals surface area (Å²) in [6.45, 7) is 2.09. The Labute approximate surface area is 56.8 Å². The third-order valence-electron chi connectivity index (χ3n) is 2.00. The highest BCUT2D eigenvalue weighted by Crippen LogP contribution is 1.98. The molecule has 2 nitrogen and oxygen atoms in total. The molecule has 0 spiro atoms. The SMILES string of the molecule is [CH2-][NH+]1CCC[C@H]1COC. The molecule has 0 aromatic carbocycles. The summed E-state index contributed by atoms with van der Waals surface area (Å²) >= 11 is 0. The van der Waals surface area contributed by atoms with Crippen molar-refractivity contribution in [2.45, 2.75) is 18.9 Å². The first-order valence-electron chi connectivity index (χ1n) is 3.51. The summed E-state index contributed by atoms with van der Waals surface area (Å²) in [6, 6.07) is 0.662. The predicted octanol–water partition coefficient (Wildman–Crippen LogP) is -0.528. The predicted molar refractivity (Wildman–Crippen MR) is 36.1 cm³/mol. The van der Waals surface area contributed by atoms with Crippen LogP contribution in [0, 0.1) is 7.05 Å². The lowest BCUT2D eigenvalue weighted by Crippen LogP contribution is -3.09. The number of likely N-dealkylation sites (tertiary alicyclic amines) is 1. The van der Waals surface area contributed by atoms with Gasteiger partial charge in [-0.3, -0.25) is 0 Å². The van der Waals surface area contributed by atoms with Crippen LogP contribution in [0.3, 0.4) is 0 Å². The Kier molecular flexibility index (Phi) is 2.49. The number of nitrogens with one attached hydrogen (secondary N) is 1.